The predicted molar refractivity (Wildman–Crippen MR) is 84.0 cm³/mol. The molecule has 1 aromatic heterocycles. The van der Waals surface area contributed by atoms with E-state index >= 15 is 0 Å². The van der Waals surface area contributed by atoms with E-state index in [1.165, 1.54) is 0 Å². The summed E-state index contributed by atoms with van der Waals surface area (Å²) in [6.07, 6.45) is 1.73. The first-order valence-corrected chi connectivity index (χ1v) is 7.09. The van der Waals surface area contributed by atoms with E-state index in [2.05, 4.69) is 24.0 Å². The molecule has 0 unspecified atom stereocenters. The number of aromatic nitrogens is 2. The second kappa shape index (κ2) is 6.52. The van der Waals surface area contributed by atoms with E-state index in [0.29, 0.717) is 11.7 Å². The maximum absolute atomic E-state index is 5.92. The first kappa shape index (κ1) is 15.2. The monoisotopic (exact) mass is 289 g/mol. The maximum Gasteiger partial charge on any atom is 0.148 e. The number of nitrogen functional groups attached to an aromatic ring is 1. The van der Waals surface area contributed by atoms with Crippen LogP contribution in [0.3, 0.4) is 0 Å². The van der Waals surface area contributed by atoms with Crippen molar-refractivity contribution in [1.82, 2.24) is 10.2 Å². The smallest absolute Gasteiger partial charge is 0.148 e. The van der Waals surface area contributed by atoms with Gasteiger partial charge in [-0.05, 0) is 36.5 Å². The number of hydrogen-bond acceptors (Lipinski definition) is 4. The van der Waals surface area contributed by atoms with Crippen LogP contribution < -0.4 is 15.2 Å². The zero-order valence-electron chi connectivity index (χ0n) is 13.1. The number of aryl methyl sites for hydroxylation is 2. The van der Waals surface area contributed by atoms with Gasteiger partial charge in [-0.25, -0.2) is 0 Å². The van der Waals surface area contributed by atoms with Crippen LogP contribution in [0.1, 0.15) is 36.6 Å². The van der Waals surface area contributed by atoms with Gasteiger partial charge in [0.05, 0.1) is 14.2 Å². The van der Waals surface area contributed by atoms with Crippen molar-refractivity contribution in [2.24, 2.45) is 0 Å². The molecule has 0 atom stereocenters. The van der Waals surface area contributed by atoms with Crippen molar-refractivity contribution < 1.29 is 9.47 Å². The van der Waals surface area contributed by atoms with Gasteiger partial charge in [0.15, 0.2) is 0 Å². The van der Waals surface area contributed by atoms with Gasteiger partial charge >= 0.3 is 0 Å². The summed E-state index contributed by atoms with van der Waals surface area (Å²) in [4.78, 5) is 0. The molecular formula is C16H23N3O2. The topological polar surface area (TPSA) is 73.2 Å². The number of H-pyrrole nitrogens is 1. The number of hydrogen-bond donors (Lipinski definition) is 2. The number of nitrogens with one attached hydrogen (secondary N) is 1. The molecule has 0 aliphatic rings. The molecule has 3 N–H and O–H groups in total. The fraction of sp³-hybridized carbons (Fsp3) is 0.438. The van der Waals surface area contributed by atoms with Crippen LogP contribution in [-0.4, -0.2) is 24.4 Å². The molecule has 0 bridgehead atoms. The minimum atomic E-state index is 0.360. The van der Waals surface area contributed by atoms with Gasteiger partial charge in [0.25, 0.3) is 0 Å². The van der Waals surface area contributed by atoms with Gasteiger partial charge in [-0.3, -0.25) is 5.10 Å². The van der Waals surface area contributed by atoms with Gasteiger partial charge in [0.1, 0.15) is 17.3 Å². The maximum atomic E-state index is 5.92. The molecule has 0 spiro atoms. The summed E-state index contributed by atoms with van der Waals surface area (Å²) in [6, 6.07) is 5.92. The summed E-state index contributed by atoms with van der Waals surface area (Å²) >= 11 is 0. The molecule has 0 saturated heterocycles. The zero-order chi connectivity index (χ0) is 15.4. The Balaban J connectivity index is 2.16. The lowest BCUT2D eigenvalue weighted by molar-refractivity contribution is 0.393. The van der Waals surface area contributed by atoms with Gasteiger partial charge in [-0.2, -0.15) is 5.10 Å². The predicted octanol–water partition coefficient (Wildman–Crippen LogP) is 2.92. The Morgan fingerprint density at radius 3 is 2.24 bits per heavy atom. The molecule has 1 heterocycles. The average Bonchev–Trinajstić information content (AvgIpc) is 2.85. The lowest BCUT2D eigenvalue weighted by Gasteiger charge is -2.10. The Labute approximate surface area is 125 Å². The van der Waals surface area contributed by atoms with Gasteiger partial charge in [-0.15, -0.1) is 0 Å². The van der Waals surface area contributed by atoms with E-state index in [1.54, 1.807) is 14.2 Å². The van der Waals surface area contributed by atoms with Crippen molar-refractivity contribution in [3.05, 3.63) is 35.0 Å². The van der Waals surface area contributed by atoms with Gasteiger partial charge in [0.2, 0.25) is 0 Å². The highest BCUT2D eigenvalue weighted by Gasteiger charge is 2.14. The van der Waals surface area contributed by atoms with Crippen molar-refractivity contribution in [3.63, 3.8) is 0 Å². The summed E-state index contributed by atoms with van der Waals surface area (Å²) < 4.78 is 10.6. The van der Waals surface area contributed by atoms with Crippen LogP contribution in [0.5, 0.6) is 11.5 Å². The van der Waals surface area contributed by atoms with Crippen molar-refractivity contribution in [1.29, 1.82) is 0 Å². The zero-order valence-corrected chi connectivity index (χ0v) is 13.1. The molecule has 2 rings (SSSR count). The minimum absolute atomic E-state index is 0.360. The van der Waals surface area contributed by atoms with E-state index in [9.17, 15) is 0 Å². The van der Waals surface area contributed by atoms with Crippen LogP contribution in [0, 0.1) is 0 Å². The molecule has 0 saturated carbocycles. The van der Waals surface area contributed by atoms with E-state index in [-0.39, 0.29) is 0 Å². The number of ether oxygens (including phenoxy) is 2. The standard InChI is InChI=1S/C16H23N3O2/c1-10(2)15-14(18-19-16(15)17)6-5-11-7-12(20-3)9-13(8-11)21-4/h7-10H,5-6H2,1-4H3,(H3,17,18,19). The Kier molecular flexibility index (Phi) is 4.73. The average molecular weight is 289 g/mol. The lowest BCUT2D eigenvalue weighted by atomic mass is 9.99. The highest BCUT2D eigenvalue weighted by atomic mass is 16.5. The molecule has 21 heavy (non-hydrogen) atoms. The highest BCUT2D eigenvalue weighted by Crippen LogP contribution is 2.26. The number of methoxy groups -OCH3 is 2. The SMILES string of the molecule is COc1cc(CCc2[nH]nc(N)c2C(C)C)cc(OC)c1. The largest absolute Gasteiger partial charge is 0.497 e. The molecule has 5 nitrogen and oxygen atoms in total. The molecule has 1 aromatic carbocycles. The molecule has 0 aliphatic carbocycles. The third kappa shape index (κ3) is 3.48. The molecular weight excluding hydrogens is 266 g/mol. The quantitative estimate of drug-likeness (QED) is 0.857. The van der Waals surface area contributed by atoms with Crippen molar-refractivity contribution in [2.75, 3.05) is 20.0 Å². The second-order valence-corrected chi connectivity index (χ2v) is 5.38. The molecule has 2 aromatic rings. The third-order valence-electron chi connectivity index (χ3n) is 3.56. The normalized spacial score (nSPS) is 10.9. The van der Waals surface area contributed by atoms with Crippen LogP contribution in [0.4, 0.5) is 5.82 Å². The second-order valence-electron chi connectivity index (χ2n) is 5.38. The summed E-state index contributed by atoms with van der Waals surface area (Å²) in [5.41, 5.74) is 9.30. The van der Waals surface area contributed by atoms with E-state index < -0.39 is 0 Å². The number of nitrogens with zero attached hydrogens (tertiary/aromatic N) is 1. The van der Waals surface area contributed by atoms with Crippen molar-refractivity contribution >= 4 is 5.82 Å². The molecule has 0 amide bonds. The van der Waals surface area contributed by atoms with Crippen LogP contribution in [-0.2, 0) is 12.8 Å². The molecule has 114 valence electrons. The van der Waals surface area contributed by atoms with Crippen LogP contribution >= 0.6 is 0 Å². The van der Waals surface area contributed by atoms with E-state index in [4.69, 9.17) is 15.2 Å². The van der Waals surface area contributed by atoms with Crippen LogP contribution in [0.2, 0.25) is 0 Å². The summed E-state index contributed by atoms with van der Waals surface area (Å²) in [5, 5.41) is 7.17. The fourth-order valence-corrected chi connectivity index (χ4v) is 2.52. The van der Waals surface area contributed by atoms with Gasteiger partial charge < -0.3 is 15.2 Å². The molecule has 0 fully saturated rings. The van der Waals surface area contributed by atoms with Gasteiger partial charge in [0, 0.05) is 17.3 Å². The number of aromatic amines is 1. The van der Waals surface area contributed by atoms with Crippen LogP contribution in [0.25, 0.3) is 0 Å². The Hall–Kier alpha value is -2.17. The Bertz CT molecular complexity index is 583. The molecule has 5 heteroatoms. The van der Waals surface area contributed by atoms with Gasteiger partial charge in [-0.1, -0.05) is 13.8 Å². The number of nitrogens with two attached hydrogens (primary N) is 1. The lowest BCUT2D eigenvalue weighted by Crippen LogP contribution is -2.00. The first-order chi connectivity index (χ1) is 10.0. The third-order valence-corrected chi connectivity index (χ3v) is 3.56. The Morgan fingerprint density at radius 1 is 1.10 bits per heavy atom. The highest BCUT2D eigenvalue weighted by molar-refractivity contribution is 5.45. The summed E-state index contributed by atoms with van der Waals surface area (Å²) in [7, 11) is 3.32. The Morgan fingerprint density at radius 2 is 1.71 bits per heavy atom. The van der Waals surface area contributed by atoms with E-state index in [0.717, 1.165) is 41.2 Å². The molecule has 0 radical (unpaired) electrons. The number of anilines is 1. The first-order valence-electron chi connectivity index (χ1n) is 7.09. The number of benzene rings is 1. The van der Waals surface area contributed by atoms with Crippen LogP contribution in [0.15, 0.2) is 18.2 Å². The van der Waals surface area contributed by atoms with Crippen molar-refractivity contribution in [2.45, 2.75) is 32.6 Å². The summed E-state index contributed by atoms with van der Waals surface area (Å²) in [5.74, 6) is 2.57. The van der Waals surface area contributed by atoms with Crippen molar-refractivity contribution in [3.8, 4) is 11.5 Å². The molecule has 0 aliphatic heterocycles. The van der Waals surface area contributed by atoms with E-state index in [1.807, 2.05) is 18.2 Å². The number of rotatable bonds is 6. The minimum Gasteiger partial charge on any atom is -0.497 e. The summed E-state index contributed by atoms with van der Waals surface area (Å²) in [6.45, 7) is 4.25. The fourth-order valence-electron chi connectivity index (χ4n) is 2.52.